The smallest absolute Gasteiger partial charge is 0.490 e. The SMILES string of the molecule is C=C[C@H](Cc1ccc(C(F)(F)F)cc1)[C@@H](Cc1ccc(F)cc1)[C@H](C)OC(=O)[C@H](C)CC(=O)c1nccc(OC)c1O.C=C[C@H](Cc1ccc(C(F)(F)F)cc1)[C@@H](Cc1ccc(F)cc1)[C@H](C)OC(=O)[C@H](C)N.O=C(O)C(F)(F)F. The molecule has 0 saturated carbocycles. The predicted molar refractivity (Wildman–Crippen MR) is 274 cm³/mol. The molecule has 0 fully saturated rings. The summed E-state index contributed by atoms with van der Waals surface area (Å²) in [5.41, 5.74) is 6.87. The van der Waals surface area contributed by atoms with Gasteiger partial charge in [-0.1, -0.05) is 67.6 Å². The molecule has 80 heavy (non-hydrogen) atoms. The van der Waals surface area contributed by atoms with Crippen LogP contribution in [-0.4, -0.2) is 70.4 Å². The van der Waals surface area contributed by atoms with Gasteiger partial charge in [-0.05, 0) is 129 Å². The number of rotatable bonds is 22. The first kappa shape index (κ1) is 66.7. The summed E-state index contributed by atoms with van der Waals surface area (Å²) in [5.74, 6) is -7.69. The Bertz CT molecular complexity index is 2800. The zero-order chi connectivity index (χ0) is 60.3. The molecule has 8 atom stereocenters. The molecule has 0 radical (unpaired) electrons. The number of carboxylic acids is 1. The molecule has 1 heterocycles. The molecule has 22 heteroatoms. The first-order valence-electron chi connectivity index (χ1n) is 24.6. The lowest BCUT2D eigenvalue weighted by molar-refractivity contribution is -0.192. The molecule has 0 unspecified atom stereocenters. The number of nitrogens with zero attached hydrogens (tertiary/aromatic N) is 1. The number of esters is 2. The Balaban J connectivity index is 0.000000388. The molecule has 0 amide bonds. The van der Waals surface area contributed by atoms with Crippen LogP contribution in [-0.2, 0) is 61.9 Å². The van der Waals surface area contributed by atoms with Crippen molar-refractivity contribution in [1.29, 1.82) is 0 Å². The van der Waals surface area contributed by atoms with E-state index in [2.05, 4.69) is 18.1 Å². The van der Waals surface area contributed by atoms with E-state index in [1.54, 1.807) is 50.3 Å². The van der Waals surface area contributed by atoms with Gasteiger partial charge >= 0.3 is 36.4 Å². The second kappa shape index (κ2) is 30.1. The third kappa shape index (κ3) is 21.2. The van der Waals surface area contributed by atoms with Crippen molar-refractivity contribution < 1.29 is 91.9 Å². The van der Waals surface area contributed by atoms with Crippen molar-refractivity contribution in [2.45, 2.75) is 96.6 Å². The summed E-state index contributed by atoms with van der Waals surface area (Å²) in [6.45, 7) is 14.3. The number of aromatic hydroxyl groups is 1. The highest BCUT2D eigenvalue weighted by Crippen LogP contribution is 2.35. The Morgan fingerprint density at radius 3 is 1.27 bits per heavy atom. The molecule has 4 aromatic carbocycles. The van der Waals surface area contributed by atoms with Crippen molar-refractivity contribution in [3.05, 3.63) is 185 Å². The lowest BCUT2D eigenvalue weighted by Crippen LogP contribution is -2.37. The topological polar surface area (TPSA) is 175 Å². The number of methoxy groups -OCH3 is 1. The summed E-state index contributed by atoms with van der Waals surface area (Å²) in [6.07, 6.45) is -9.22. The minimum Gasteiger partial charge on any atom is -0.503 e. The molecule has 5 rings (SSSR count). The van der Waals surface area contributed by atoms with Crippen LogP contribution in [0.2, 0.25) is 0 Å². The van der Waals surface area contributed by atoms with Crippen LogP contribution in [0.15, 0.2) is 135 Å². The number of ketones is 1. The van der Waals surface area contributed by atoms with Crippen molar-refractivity contribution in [2.75, 3.05) is 7.11 Å². The number of halogens is 11. The Labute approximate surface area is 455 Å². The molecule has 434 valence electrons. The number of alkyl halides is 9. The molecular formula is C58H61F11N2O9. The van der Waals surface area contributed by atoms with Crippen LogP contribution >= 0.6 is 0 Å². The van der Waals surface area contributed by atoms with Crippen LogP contribution in [0.1, 0.15) is 78.0 Å². The van der Waals surface area contributed by atoms with E-state index in [4.69, 9.17) is 29.8 Å². The maximum absolute atomic E-state index is 13.5. The highest BCUT2D eigenvalue weighted by Gasteiger charge is 2.38. The van der Waals surface area contributed by atoms with Gasteiger partial charge in [0.2, 0.25) is 0 Å². The number of hydrogen-bond donors (Lipinski definition) is 3. The number of benzene rings is 4. The number of carbonyl (C=O) groups is 4. The lowest BCUT2D eigenvalue weighted by Gasteiger charge is -2.31. The highest BCUT2D eigenvalue weighted by molar-refractivity contribution is 5.99. The molecule has 0 aliphatic rings. The van der Waals surface area contributed by atoms with E-state index in [0.717, 1.165) is 35.4 Å². The van der Waals surface area contributed by atoms with Crippen molar-refractivity contribution in [2.24, 2.45) is 35.3 Å². The van der Waals surface area contributed by atoms with Crippen LogP contribution in [0.3, 0.4) is 0 Å². The van der Waals surface area contributed by atoms with Gasteiger partial charge in [0.25, 0.3) is 0 Å². The number of pyridine rings is 1. The van der Waals surface area contributed by atoms with Gasteiger partial charge in [0.15, 0.2) is 23.0 Å². The van der Waals surface area contributed by atoms with Crippen LogP contribution in [0, 0.1) is 41.2 Å². The van der Waals surface area contributed by atoms with Crippen LogP contribution in [0.4, 0.5) is 48.3 Å². The Morgan fingerprint density at radius 2 is 0.950 bits per heavy atom. The highest BCUT2D eigenvalue weighted by atomic mass is 19.4. The lowest BCUT2D eigenvalue weighted by atomic mass is 9.79. The number of aliphatic carboxylic acids is 1. The maximum Gasteiger partial charge on any atom is 0.490 e. The Hall–Kier alpha value is -7.62. The molecule has 0 aliphatic heterocycles. The van der Waals surface area contributed by atoms with Gasteiger partial charge < -0.3 is 30.2 Å². The van der Waals surface area contributed by atoms with E-state index in [1.807, 2.05) is 0 Å². The largest absolute Gasteiger partial charge is 0.503 e. The second-order valence-electron chi connectivity index (χ2n) is 18.7. The number of aromatic nitrogens is 1. The minimum absolute atomic E-state index is 0.0735. The minimum atomic E-state index is -5.08. The first-order chi connectivity index (χ1) is 37.3. The molecule has 0 saturated heterocycles. The van der Waals surface area contributed by atoms with E-state index < -0.39 is 89.1 Å². The molecule has 0 aliphatic carbocycles. The van der Waals surface area contributed by atoms with Gasteiger partial charge in [0, 0.05) is 30.5 Å². The Morgan fingerprint density at radius 1 is 0.600 bits per heavy atom. The normalized spacial score (nSPS) is 14.6. The third-order valence-corrected chi connectivity index (χ3v) is 12.7. The number of Topliss-reactive ketones (excluding diaryl/α,β-unsaturated/α-hetero) is 1. The number of nitrogens with two attached hydrogens (primary N) is 1. The summed E-state index contributed by atoms with van der Waals surface area (Å²) >= 11 is 0. The van der Waals surface area contributed by atoms with Gasteiger partial charge in [-0.3, -0.25) is 14.4 Å². The second-order valence-corrected chi connectivity index (χ2v) is 18.7. The third-order valence-electron chi connectivity index (χ3n) is 12.7. The number of carboxylic acid groups (broad SMARTS) is 1. The standard InChI is InChI=1S/C32H33F4NO5.C24H27F4NO2.C2HF3O2/c1-5-23(17-21-6-10-24(11-7-21)32(34,35)36)26(18-22-8-12-25(33)13-9-22)20(3)42-31(40)19(2)16-27(38)29-30(39)28(41-4)14-15-37-29;1-4-19(13-17-5-9-20(10-6-17)24(26,27)28)22(16(3)31-23(30)15(2)29)14-18-7-11-21(25)12-8-18;3-2(4,5)1(6)7/h5-15,19-20,23,26,39H,1,16-18H2,2-4H3;4-12,15-16,19,22H,1,13-14,29H2,2-3H3;(H,6,7)/t19-,20+,23-,26+;15-,16-,19+,22-;/m10./s1. The molecule has 11 nitrogen and oxygen atoms in total. The van der Waals surface area contributed by atoms with E-state index in [9.17, 15) is 67.8 Å². The van der Waals surface area contributed by atoms with E-state index in [-0.39, 0.29) is 47.4 Å². The molecule has 1 aromatic heterocycles. The van der Waals surface area contributed by atoms with Gasteiger partial charge in [-0.2, -0.15) is 39.5 Å². The van der Waals surface area contributed by atoms with Crippen molar-refractivity contribution in [3.8, 4) is 11.5 Å². The monoisotopic (exact) mass is 1140 g/mol. The summed E-state index contributed by atoms with van der Waals surface area (Å²) < 4.78 is 153. The van der Waals surface area contributed by atoms with Gasteiger partial charge in [-0.15, -0.1) is 13.2 Å². The van der Waals surface area contributed by atoms with E-state index >= 15 is 0 Å². The molecule has 0 bridgehead atoms. The van der Waals surface area contributed by atoms with Crippen LogP contribution < -0.4 is 10.5 Å². The quantitative estimate of drug-likeness (QED) is 0.0260. The van der Waals surface area contributed by atoms with Gasteiger partial charge in [-0.25, -0.2) is 18.6 Å². The fraction of sp³-hybridized carbons (Fsp3) is 0.362. The number of allylic oxidation sites excluding steroid dienone is 2. The molecular weight excluding hydrogens is 1080 g/mol. The summed E-state index contributed by atoms with van der Waals surface area (Å²) in [7, 11) is 1.33. The molecule has 4 N–H and O–H groups in total. The molecule has 0 spiro atoms. The fourth-order valence-corrected chi connectivity index (χ4v) is 8.17. The van der Waals surface area contributed by atoms with Crippen molar-refractivity contribution in [1.82, 2.24) is 4.98 Å². The fourth-order valence-electron chi connectivity index (χ4n) is 8.17. The maximum atomic E-state index is 13.5. The molecule has 5 aromatic rings. The Kier molecular flexibility index (Phi) is 25.1. The number of ether oxygens (including phenoxy) is 3. The van der Waals surface area contributed by atoms with Gasteiger partial charge in [0.1, 0.15) is 29.9 Å². The first-order valence-corrected chi connectivity index (χ1v) is 24.6. The number of carbonyl (C=O) groups excluding carboxylic acids is 3. The summed E-state index contributed by atoms with van der Waals surface area (Å²) in [6, 6.07) is 22.3. The van der Waals surface area contributed by atoms with Crippen LogP contribution in [0.5, 0.6) is 11.5 Å². The van der Waals surface area contributed by atoms with Crippen LogP contribution in [0.25, 0.3) is 0 Å². The predicted octanol–water partition coefficient (Wildman–Crippen LogP) is 13.0. The van der Waals surface area contributed by atoms with E-state index in [0.29, 0.717) is 36.8 Å². The van der Waals surface area contributed by atoms with Crippen molar-refractivity contribution in [3.63, 3.8) is 0 Å². The van der Waals surface area contributed by atoms with Gasteiger partial charge in [0.05, 0.1) is 24.2 Å². The number of hydrogen-bond acceptors (Lipinski definition) is 10. The average molecular weight is 1140 g/mol. The summed E-state index contributed by atoms with van der Waals surface area (Å²) in [5, 5.41) is 17.4. The zero-order valence-electron chi connectivity index (χ0n) is 44.0. The van der Waals surface area contributed by atoms with E-state index in [1.165, 1.54) is 81.8 Å². The average Bonchev–Trinajstić information content (AvgIpc) is 3.39. The summed E-state index contributed by atoms with van der Waals surface area (Å²) in [4.78, 5) is 50.7. The van der Waals surface area contributed by atoms with Crippen molar-refractivity contribution >= 4 is 23.7 Å². The zero-order valence-corrected chi connectivity index (χ0v) is 44.0.